The van der Waals surface area contributed by atoms with Gasteiger partial charge in [0.15, 0.2) is 6.61 Å². The van der Waals surface area contributed by atoms with Gasteiger partial charge in [0, 0.05) is 6.07 Å². The summed E-state index contributed by atoms with van der Waals surface area (Å²) >= 11 is 0. The molecule has 0 saturated heterocycles. The van der Waals surface area contributed by atoms with E-state index in [2.05, 4.69) is 10.5 Å². The topological polar surface area (TPSA) is 84.6 Å². The molecule has 1 heterocycles. The first-order chi connectivity index (χ1) is 10.2. The fourth-order valence-corrected chi connectivity index (χ4v) is 1.88. The molecule has 1 amide bonds. The molecule has 2 rings (SSSR count). The van der Waals surface area contributed by atoms with Gasteiger partial charge >= 0.3 is 0 Å². The number of carbonyl (C=O) groups is 1. The van der Waals surface area contributed by atoms with E-state index in [9.17, 15) is 9.90 Å². The molecule has 21 heavy (non-hydrogen) atoms. The third kappa shape index (κ3) is 4.92. The first kappa shape index (κ1) is 15.1. The number of aryl methyl sites for hydroxylation is 1. The van der Waals surface area contributed by atoms with E-state index in [1.54, 1.807) is 13.0 Å². The molecule has 2 N–H and O–H groups in total. The SMILES string of the molecule is Cc1cc(OCC(=O)N[C@@H](CO)Cc2ccccc2)no1. The third-order valence-electron chi connectivity index (χ3n) is 2.87. The average Bonchev–Trinajstić information content (AvgIpc) is 2.91. The Morgan fingerprint density at radius 3 is 2.81 bits per heavy atom. The Kier molecular flexibility index (Phi) is 5.34. The summed E-state index contributed by atoms with van der Waals surface area (Å²) < 4.78 is 10.0. The van der Waals surface area contributed by atoms with Crippen LogP contribution < -0.4 is 10.1 Å². The Morgan fingerprint density at radius 2 is 2.19 bits per heavy atom. The molecule has 0 spiro atoms. The average molecular weight is 290 g/mol. The van der Waals surface area contributed by atoms with E-state index in [0.29, 0.717) is 12.2 Å². The molecule has 0 saturated carbocycles. The van der Waals surface area contributed by atoms with E-state index in [1.807, 2.05) is 30.3 Å². The van der Waals surface area contributed by atoms with Crippen molar-refractivity contribution in [2.75, 3.05) is 13.2 Å². The van der Waals surface area contributed by atoms with Gasteiger partial charge in [0.05, 0.1) is 12.6 Å². The molecule has 6 heteroatoms. The molecule has 0 bridgehead atoms. The van der Waals surface area contributed by atoms with Gasteiger partial charge in [0.1, 0.15) is 5.76 Å². The molecule has 0 aliphatic rings. The summed E-state index contributed by atoms with van der Waals surface area (Å²) in [5.41, 5.74) is 1.05. The third-order valence-corrected chi connectivity index (χ3v) is 2.87. The molecule has 0 unspecified atom stereocenters. The molecule has 6 nitrogen and oxygen atoms in total. The molecular formula is C15H18N2O4. The molecule has 2 aromatic rings. The number of aromatic nitrogens is 1. The molecular weight excluding hydrogens is 272 g/mol. The second-order valence-corrected chi connectivity index (χ2v) is 4.70. The van der Waals surface area contributed by atoms with Crippen LogP contribution in [0.25, 0.3) is 0 Å². The highest BCUT2D eigenvalue weighted by atomic mass is 16.5. The second-order valence-electron chi connectivity index (χ2n) is 4.70. The van der Waals surface area contributed by atoms with Gasteiger partial charge in [-0.15, -0.1) is 0 Å². The molecule has 0 radical (unpaired) electrons. The lowest BCUT2D eigenvalue weighted by molar-refractivity contribution is -0.124. The minimum atomic E-state index is -0.345. The number of ether oxygens (including phenoxy) is 1. The summed E-state index contributed by atoms with van der Waals surface area (Å²) in [6.07, 6.45) is 0.562. The van der Waals surface area contributed by atoms with Gasteiger partial charge in [-0.1, -0.05) is 30.3 Å². The number of carbonyl (C=O) groups excluding carboxylic acids is 1. The van der Waals surface area contributed by atoms with Crippen molar-refractivity contribution in [3.63, 3.8) is 0 Å². The van der Waals surface area contributed by atoms with Crippen LogP contribution in [-0.2, 0) is 11.2 Å². The Bertz CT molecular complexity index is 568. The van der Waals surface area contributed by atoms with E-state index in [0.717, 1.165) is 5.56 Å². The summed E-state index contributed by atoms with van der Waals surface area (Å²) in [4.78, 5) is 11.8. The Hall–Kier alpha value is -2.34. The van der Waals surface area contributed by atoms with Crippen LogP contribution in [0.2, 0.25) is 0 Å². The van der Waals surface area contributed by atoms with Crippen LogP contribution >= 0.6 is 0 Å². The summed E-state index contributed by atoms with van der Waals surface area (Å²) in [6, 6.07) is 10.9. The van der Waals surface area contributed by atoms with E-state index >= 15 is 0 Å². The maximum Gasteiger partial charge on any atom is 0.258 e. The highest BCUT2D eigenvalue weighted by Gasteiger charge is 2.13. The number of nitrogens with zero attached hydrogens (tertiary/aromatic N) is 1. The molecule has 1 atom stereocenters. The van der Waals surface area contributed by atoms with Gasteiger partial charge in [-0.05, 0) is 24.1 Å². The van der Waals surface area contributed by atoms with Crippen LogP contribution in [0.4, 0.5) is 0 Å². The summed E-state index contributed by atoms with van der Waals surface area (Å²) in [6.45, 7) is 1.43. The Labute approximate surface area is 122 Å². The lowest BCUT2D eigenvalue weighted by Gasteiger charge is -2.16. The highest BCUT2D eigenvalue weighted by Crippen LogP contribution is 2.09. The normalized spacial score (nSPS) is 11.9. The van der Waals surface area contributed by atoms with Crippen molar-refractivity contribution in [1.29, 1.82) is 0 Å². The largest absolute Gasteiger partial charge is 0.465 e. The minimum Gasteiger partial charge on any atom is -0.465 e. The Balaban J connectivity index is 1.79. The van der Waals surface area contributed by atoms with Gasteiger partial charge in [0.2, 0.25) is 0 Å². The monoisotopic (exact) mass is 290 g/mol. The molecule has 0 aliphatic heterocycles. The van der Waals surface area contributed by atoms with Gasteiger partial charge < -0.3 is 19.7 Å². The van der Waals surface area contributed by atoms with Crippen LogP contribution in [0.5, 0.6) is 5.88 Å². The zero-order chi connectivity index (χ0) is 15.1. The van der Waals surface area contributed by atoms with Crippen LogP contribution in [0.15, 0.2) is 40.9 Å². The standard InChI is InChI=1S/C15H18N2O4/c1-11-7-15(17-21-11)20-10-14(19)16-13(9-18)8-12-5-3-2-4-6-12/h2-7,13,18H,8-10H2,1H3,(H,16,19)/t13-/m1/s1. The smallest absolute Gasteiger partial charge is 0.258 e. The van der Waals surface area contributed by atoms with Crippen molar-refractivity contribution in [3.05, 3.63) is 47.7 Å². The van der Waals surface area contributed by atoms with E-state index in [4.69, 9.17) is 9.26 Å². The molecule has 0 aliphatic carbocycles. The van der Waals surface area contributed by atoms with Crippen molar-refractivity contribution in [3.8, 4) is 5.88 Å². The molecule has 112 valence electrons. The fraction of sp³-hybridized carbons (Fsp3) is 0.333. The van der Waals surface area contributed by atoms with E-state index < -0.39 is 0 Å². The first-order valence-electron chi connectivity index (χ1n) is 6.67. The summed E-state index contributed by atoms with van der Waals surface area (Å²) in [5, 5.41) is 15.7. The van der Waals surface area contributed by atoms with Crippen molar-refractivity contribution < 1.29 is 19.2 Å². The maximum absolute atomic E-state index is 11.8. The highest BCUT2D eigenvalue weighted by molar-refractivity contribution is 5.77. The van der Waals surface area contributed by atoms with Crippen molar-refractivity contribution in [2.24, 2.45) is 0 Å². The molecule has 1 aromatic carbocycles. The van der Waals surface area contributed by atoms with E-state index in [1.165, 1.54) is 0 Å². The number of rotatable bonds is 7. The lowest BCUT2D eigenvalue weighted by atomic mass is 10.1. The number of hydrogen-bond donors (Lipinski definition) is 2. The summed E-state index contributed by atoms with van der Waals surface area (Å²) in [5.74, 6) is 0.569. The predicted molar refractivity (Wildman–Crippen MR) is 75.9 cm³/mol. The zero-order valence-corrected chi connectivity index (χ0v) is 11.8. The molecule has 1 aromatic heterocycles. The first-order valence-corrected chi connectivity index (χ1v) is 6.67. The quantitative estimate of drug-likeness (QED) is 0.797. The number of benzene rings is 1. The van der Waals surface area contributed by atoms with E-state index in [-0.39, 0.29) is 31.0 Å². The van der Waals surface area contributed by atoms with Gasteiger partial charge in [-0.2, -0.15) is 0 Å². The fourth-order valence-electron chi connectivity index (χ4n) is 1.88. The summed E-state index contributed by atoms with van der Waals surface area (Å²) in [7, 11) is 0. The van der Waals surface area contributed by atoms with Crippen LogP contribution in [0.3, 0.4) is 0 Å². The van der Waals surface area contributed by atoms with Crippen LogP contribution in [0, 0.1) is 6.92 Å². The van der Waals surface area contributed by atoms with Crippen LogP contribution in [-0.4, -0.2) is 35.4 Å². The van der Waals surface area contributed by atoms with Crippen LogP contribution in [0.1, 0.15) is 11.3 Å². The number of aliphatic hydroxyl groups is 1. The maximum atomic E-state index is 11.8. The number of amides is 1. The van der Waals surface area contributed by atoms with Crippen molar-refractivity contribution in [1.82, 2.24) is 10.5 Å². The van der Waals surface area contributed by atoms with Gasteiger partial charge in [-0.25, -0.2) is 0 Å². The number of aliphatic hydroxyl groups excluding tert-OH is 1. The van der Waals surface area contributed by atoms with Gasteiger partial charge in [0.25, 0.3) is 11.8 Å². The predicted octanol–water partition coefficient (Wildman–Crippen LogP) is 1.08. The second kappa shape index (κ2) is 7.44. The Morgan fingerprint density at radius 1 is 1.43 bits per heavy atom. The van der Waals surface area contributed by atoms with Gasteiger partial charge in [-0.3, -0.25) is 4.79 Å². The zero-order valence-electron chi connectivity index (χ0n) is 11.8. The number of hydrogen-bond acceptors (Lipinski definition) is 5. The number of nitrogens with one attached hydrogen (secondary N) is 1. The van der Waals surface area contributed by atoms with Crippen molar-refractivity contribution in [2.45, 2.75) is 19.4 Å². The minimum absolute atomic E-state index is 0.135. The molecule has 0 fully saturated rings. The lowest BCUT2D eigenvalue weighted by Crippen LogP contribution is -2.41. The van der Waals surface area contributed by atoms with Crippen molar-refractivity contribution >= 4 is 5.91 Å².